The van der Waals surface area contributed by atoms with Crippen molar-refractivity contribution in [2.45, 2.75) is 57.3 Å². The molecule has 4 aliphatic rings. The van der Waals surface area contributed by atoms with Crippen molar-refractivity contribution in [2.75, 3.05) is 13.1 Å². The van der Waals surface area contributed by atoms with Gasteiger partial charge in [0.25, 0.3) is 0 Å². The minimum atomic E-state index is 0.591. The zero-order chi connectivity index (χ0) is 9.54. The number of fused-ring (bicyclic) bond motifs is 2. The summed E-state index contributed by atoms with van der Waals surface area (Å²) in [7, 11) is 0. The van der Waals surface area contributed by atoms with E-state index in [2.05, 4.69) is 11.8 Å². The van der Waals surface area contributed by atoms with E-state index in [9.17, 15) is 0 Å². The molecule has 3 aliphatic heterocycles. The number of hydrogen-bond acceptors (Lipinski definition) is 2. The molecule has 2 heteroatoms. The molecule has 4 fully saturated rings. The average Bonchev–Trinajstić information content (AvgIpc) is 2.18. The molecule has 2 atom stereocenters. The molecule has 1 saturated carbocycles. The number of nitrogens with zero attached hydrogens (tertiary/aromatic N) is 1. The molecule has 0 radical (unpaired) electrons. The second kappa shape index (κ2) is 3.49. The first-order valence-corrected chi connectivity index (χ1v) is 6.21. The van der Waals surface area contributed by atoms with Crippen molar-refractivity contribution in [2.24, 2.45) is 5.92 Å². The topological polar surface area (TPSA) is 12.5 Å². The van der Waals surface area contributed by atoms with Gasteiger partial charge in [-0.3, -0.25) is 4.90 Å². The van der Waals surface area contributed by atoms with Crippen LogP contribution < -0.4 is 0 Å². The van der Waals surface area contributed by atoms with E-state index >= 15 is 0 Å². The quantitative estimate of drug-likeness (QED) is 0.635. The zero-order valence-corrected chi connectivity index (χ0v) is 9.11. The minimum Gasteiger partial charge on any atom is -0.372 e. The maximum Gasteiger partial charge on any atom is 0.0731 e. The SMILES string of the molecule is CC1CCC(N2CC3CC(C2)O3)CC1. The van der Waals surface area contributed by atoms with E-state index in [-0.39, 0.29) is 0 Å². The Morgan fingerprint density at radius 3 is 2.14 bits per heavy atom. The molecule has 0 aromatic carbocycles. The van der Waals surface area contributed by atoms with Gasteiger partial charge in [0.1, 0.15) is 0 Å². The molecule has 80 valence electrons. The second-order valence-corrected chi connectivity index (χ2v) is 5.48. The largest absolute Gasteiger partial charge is 0.372 e. The van der Waals surface area contributed by atoms with E-state index in [1.165, 1.54) is 45.2 Å². The van der Waals surface area contributed by atoms with Gasteiger partial charge in [-0.05, 0) is 31.6 Å². The Morgan fingerprint density at radius 2 is 1.57 bits per heavy atom. The lowest BCUT2D eigenvalue weighted by Crippen LogP contribution is -2.60. The van der Waals surface area contributed by atoms with Gasteiger partial charge in [0.2, 0.25) is 0 Å². The summed E-state index contributed by atoms with van der Waals surface area (Å²) >= 11 is 0. The molecular weight excluding hydrogens is 174 g/mol. The first-order chi connectivity index (χ1) is 6.81. The van der Waals surface area contributed by atoms with Gasteiger partial charge < -0.3 is 4.74 Å². The van der Waals surface area contributed by atoms with Gasteiger partial charge in [-0.2, -0.15) is 0 Å². The van der Waals surface area contributed by atoms with E-state index in [0.717, 1.165) is 12.0 Å². The van der Waals surface area contributed by atoms with Gasteiger partial charge in [0, 0.05) is 25.6 Å². The third-order valence-electron chi connectivity index (χ3n) is 4.29. The van der Waals surface area contributed by atoms with Crippen LogP contribution in [0.25, 0.3) is 0 Å². The summed E-state index contributed by atoms with van der Waals surface area (Å²) in [6, 6.07) is 0.889. The van der Waals surface area contributed by atoms with Crippen LogP contribution in [0.15, 0.2) is 0 Å². The highest BCUT2D eigenvalue weighted by molar-refractivity contribution is 4.92. The lowest BCUT2D eigenvalue weighted by atomic mass is 9.85. The third kappa shape index (κ3) is 1.59. The molecule has 2 unspecified atom stereocenters. The lowest BCUT2D eigenvalue weighted by molar-refractivity contribution is -0.190. The maximum atomic E-state index is 5.68. The summed E-state index contributed by atoms with van der Waals surface area (Å²) in [6.07, 6.45) is 8.26. The highest BCUT2D eigenvalue weighted by atomic mass is 16.5. The molecule has 4 rings (SSSR count). The van der Waals surface area contributed by atoms with Crippen molar-refractivity contribution in [3.8, 4) is 0 Å². The molecule has 0 N–H and O–H groups in total. The van der Waals surface area contributed by atoms with Crippen LogP contribution >= 0.6 is 0 Å². The predicted molar refractivity (Wildman–Crippen MR) is 56.3 cm³/mol. The molecular formula is C12H21NO. The number of morpholine rings is 1. The van der Waals surface area contributed by atoms with Crippen molar-refractivity contribution < 1.29 is 4.74 Å². The maximum absolute atomic E-state index is 5.68. The Morgan fingerprint density at radius 1 is 1.00 bits per heavy atom. The Balaban J connectivity index is 1.55. The van der Waals surface area contributed by atoms with Crippen molar-refractivity contribution in [1.29, 1.82) is 0 Å². The van der Waals surface area contributed by atoms with Crippen molar-refractivity contribution in [3.63, 3.8) is 0 Å². The smallest absolute Gasteiger partial charge is 0.0731 e. The summed E-state index contributed by atoms with van der Waals surface area (Å²) in [4.78, 5) is 2.70. The van der Waals surface area contributed by atoms with Crippen LogP contribution in [-0.4, -0.2) is 36.2 Å². The van der Waals surface area contributed by atoms with Crippen molar-refractivity contribution in [3.05, 3.63) is 0 Å². The molecule has 0 aromatic rings. The summed E-state index contributed by atoms with van der Waals surface area (Å²) in [6.45, 7) is 4.83. The number of piperidine rings is 1. The van der Waals surface area contributed by atoms with E-state index < -0.39 is 0 Å². The van der Waals surface area contributed by atoms with Gasteiger partial charge >= 0.3 is 0 Å². The monoisotopic (exact) mass is 195 g/mol. The second-order valence-electron chi connectivity index (χ2n) is 5.48. The summed E-state index contributed by atoms with van der Waals surface area (Å²) in [5, 5.41) is 0. The van der Waals surface area contributed by atoms with Gasteiger partial charge in [-0.15, -0.1) is 0 Å². The normalized spacial score (nSPS) is 48.6. The van der Waals surface area contributed by atoms with E-state index in [4.69, 9.17) is 4.74 Å². The number of rotatable bonds is 1. The minimum absolute atomic E-state index is 0.591. The molecule has 3 saturated heterocycles. The van der Waals surface area contributed by atoms with Crippen LogP contribution in [0.5, 0.6) is 0 Å². The number of hydrogen-bond donors (Lipinski definition) is 0. The molecule has 0 aromatic heterocycles. The molecule has 14 heavy (non-hydrogen) atoms. The predicted octanol–water partition coefficient (Wildman–Crippen LogP) is 2.04. The number of ether oxygens (including phenoxy) is 1. The Bertz CT molecular complexity index is 194. The molecule has 2 bridgehead atoms. The summed E-state index contributed by atoms with van der Waals surface area (Å²) in [5.41, 5.74) is 0. The Hall–Kier alpha value is -0.0800. The van der Waals surface area contributed by atoms with Crippen LogP contribution in [0.1, 0.15) is 39.0 Å². The molecule has 3 heterocycles. The van der Waals surface area contributed by atoms with Crippen molar-refractivity contribution in [1.82, 2.24) is 4.90 Å². The lowest BCUT2D eigenvalue weighted by Gasteiger charge is -2.50. The van der Waals surface area contributed by atoms with Crippen LogP contribution in [0.4, 0.5) is 0 Å². The Kier molecular flexibility index (Phi) is 2.29. The van der Waals surface area contributed by atoms with Crippen LogP contribution in [0, 0.1) is 5.92 Å². The fraction of sp³-hybridized carbons (Fsp3) is 1.00. The summed E-state index contributed by atoms with van der Waals surface area (Å²) in [5.74, 6) is 0.974. The van der Waals surface area contributed by atoms with Crippen molar-refractivity contribution >= 4 is 0 Å². The highest BCUT2D eigenvalue weighted by Gasteiger charge is 2.40. The van der Waals surface area contributed by atoms with E-state index in [1.54, 1.807) is 0 Å². The first-order valence-electron chi connectivity index (χ1n) is 6.21. The third-order valence-corrected chi connectivity index (χ3v) is 4.29. The Labute approximate surface area is 86.6 Å². The molecule has 0 spiro atoms. The van der Waals surface area contributed by atoms with Gasteiger partial charge in [-0.1, -0.05) is 6.92 Å². The molecule has 0 amide bonds. The summed E-state index contributed by atoms with van der Waals surface area (Å²) < 4.78 is 5.68. The first kappa shape index (κ1) is 9.17. The van der Waals surface area contributed by atoms with Gasteiger partial charge in [0.15, 0.2) is 0 Å². The fourth-order valence-corrected chi connectivity index (χ4v) is 3.29. The van der Waals surface area contributed by atoms with E-state index in [1.807, 2.05) is 0 Å². The van der Waals surface area contributed by atoms with Crippen LogP contribution in [0.2, 0.25) is 0 Å². The van der Waals surface area contributed by atoms with Crippen LogP contribution in [-0.2, 0) is 4.74 Å². The van der Waals surface area contributed by atoms with Crippen LogP contribution in [0.3, 0.4) is 0 Å². The highest BCUT2D eigenvalue weighted by Crippen LogP contribution is 2.34. The zero-order valence-electron chi connectivity index (χ0n) is 9.11. The van der Waals surface area contributed by atoms with Gasteiger partial charge in [-0.25, -0.2) is 0 Å². The molecule has 1 aliphatic carbocycles. The fourth-order valence-electron chi connectivity index (χ4n) is 3.29. The average molecular weight is 195 g/mol. The standard InChI is InChI=1S/C12H21NO/c1-9-2-4-10(5-3-9)13-7-11-6-12(8-13)14-11/h9-12H,2-8H2,1H3. The molecule has 2 nitrogen and oxygen atoms in total. The van der Waals surface area contributed by atoms with Gasteiger partial charge in [0.05, 0.1) is 12.2 Å². The van der Waals surface area contributed by atoms with E-state index in [0.29, 0.717) is 12.2 Å².